The molecule has 0 radical (unpaired) electrons. The Hall–Kier alpha value is -1.39. The number of hydrogen-bond acceptors (Lipinski definition) is 3. The van der Waals surface area contributed by atoms with Crippen LogP contribution in [0.1, 0.15) is 37.3 Å². The van der Waals surface area contributed by atoms with Crippen molar-refractivity contribution in [2.45, 2.75) is 37.8 Å². The summed E-state index contributed by atoms with van der Waals surface area (Å²) in [6.07, 6.45) is 4.53. The minimum Gasteiger partial charge on any atom is -0.348 e. The second-order valence-electron chi connectivity index (χ2n) is 7.22. The van der Waals surface area contributed by atoms with E-state index in [2.05, 4.69) is 53.5 Å². The molecule has 3 rings (SSSR count). The molecule has 23 heavy (non-hydrogen) atoms. The molecule has 126 valence electrons. The zero-order chi connectivity index (χ0) is 16.2. The molecule has 1 aliphatic carbocycles. The highest BCUT2D eigenvalue weighted by Crippen LogP contribution is 2.30. The van der Waals surface area contributed by atoms with Crippen LogP contribution in [0.25, 0.3) is 0 Å². The molecule has 1 aromatic rings. The van der Waals surface area contributed by atoms with E-state index >= 15 is 0 Å². The molecule has 1 aromatic carbocycles. The molecule has 1 N–H and O–H groups in total. The van der Waals surface area contributed by atoms with E-state index in [-0.39, 0.29) is 17.9 Å². The van der Waals surface area contributed by atoms with Crippen molar-refractivity contribution in [3.05, 3.63) is 35.9 Å². The van der Waals surface area contributed by atoms with Gasteiger partial charge in [-0.15, -0.1) is 0 Å². The minimum absolute atomic E-state index is 0.0916. The van der Waals surface area contributed by atoms with Gasteiger partial charge in [0.25, 0.3) is 0 Å². The van der Waals surface area contributed by atoms with Crippen molar-refractivity contribution < 1.29 is 4.79 Å². The van der Waals surface area contributed by atoms with Gasteiger partial charge < -0.3 is 15.1 Å². The summed E-state index contributed by atoms with van der Waals surface area (Å²) in [7, 11) is 4.40. The Labute approximate surface area is 139 Å². The lowest BCUT2D eigenvalue weighted by atomic mass is 10.0. The van der Waals surface area contributed by atoms with Crippen molar-refractivity contribution in [3.8, 4) is 0 Å². The first kappa shape index (κ1) is 16.5. The second-order valence-corrected chi connectivity index (χ2v) is 7.22. The SMILES string of the molecule is CN1CCC(N(C)C[C@H](NC(=O)C2CC2)c2ccccc2)CC1. The molecule has 4 heteroatoms. The number of carbonyl (C=O) groups excluding carboxylic acids is 1. The number of amides is 1. The van der Waals surface area contributed by atoms with Crippen molar-refractivity contribution in [2.24, 2.45) is 5.92 Å². The van der Waals surface area contributed by atoms with Gasteiger partial charge in [0.2, 0.25) is 5.91 Å². The maximum Gasteiger partial charge on any atom is 0.223 e. The molecule has 1 atom stereocenters. The van der Waals surface area contributed by atoms with Gasteiger partial charge in [0, 0.05) is 18.5 Å². The highest BCUT2D eigenvalue weighted by Gasteiger charge is 2.32. The van der Waals surface area contributed by atoms with Gasteiger partial charge in [0.05, 0.1) is 6.04 Å². The smallest absolute Gasteiger partial charge is 0.223 e. The van der Waals surface area contributed by atoms with Gasteiger partial charge in [-0.2, -0.15) is 0 Å². The summed E-state index contributed by atoms with van der Waals surface area (Å²) in [6.45, 7) is 3.22. The second kappa shape index (κ2) is 7.45. The van der Waals surface area contributed by atoms with E-state index < -0.39 is 0 Å². The fourth-order valence-corrected chi connectivity index (χ4v) is 3.43. The molecule has 0 unspecified atom stereocenters. The predicted octanol–water partition coefficient (Wildman–Crippen LogP) is 2.28. The zero-order valence-electron chi connectivity index (χ0n) is 14.4. The average Bonchev–Trinajstić information content (AvgIpc) is 3.40. The van der Waals surface area contributed by atoms with Gasteiger partial charge in [-0.25, -0.2) is 0 Å². The van der Waals surface area contributed by atoms with Crippen LogP contribution in [-0.4, -0.2) is 55.5 Å². The van der Waals surface area contributed by atoms with Crippen molar-refractivity contribution in [3.63, 3.8) is 0 Å². The van der Waals surface area contributed by atoms with Crippen LogP contribution in [-0.2, 0) is 4.79 Å². The summed E-state index contributed by atoms with van der Waals surface area (Å²) in [5.74, 6) is 0.491. The fraction of sp³-hybridized carbons (Fsp3) is 0.632. The summed E-state index contributed by atoms with van der Waals surface area (Å²) in [5.41, 5.74) is 1.21. The molecule has 0 bridgehead atoms. The van der Waals surface area contributed by atoms with E-state index in [0.29, 0.717) is 6.04 Å². The molecule has 0 aromatic heterocycles. The number of likely N-dealkylation sites (N-methyl/N-ethyl adjacent to an activating group) is 1. The Morgan fingerprint density at radius 3 is 2.48 bits per heavy atom. The topological polar surface area (TPSA) is 35.6 Å². The standard InChI is InChI=1S/C19H29N3O/c1-21-12-10-17(11-13-21)22(2)14-18(15-6-4-3-5-7-15)20-19(23)16-8-9-16/h3-7,16-18H,8-14H2,1-2H3,(H,20,23)/t18-/m0/s1. The number of rotatable bonds is 6. The number of hydrogen-bond donors (Lipinski definition) is 1. The van der Waals surface area contributed by atoms with Crippen LogP contribution in [0.4, 0.5) is 0 Å². The van der Waals surface area contributed by atoms with E-state index in [0.717, 1.165) is 19.4 Å². The molecule has 1 saturated carbocycles. The third-order valence-corrected chi connectivity index (χ3v) is 5.25. The lowest BCUT2D eigenvalue weighted by molar-refractivity contribution is -0.123. The number of carbonyl (C=O) groups is 1. The Balaban J connectivity index is 1.64. The highest BCUT2D eigenvalue weighted by atomic mass is 16.2. The van der Waals surface area contributed by atoms with Crippen LogP contribution >= 0.6 is 0 Å². The van der Waals surface area contributed by atoms with Crippen LogP contribution < -0.4 is 5.32 Å². The van der Waals surface area contributed by atoms with Gasteiger partial charge in [0.1, 0.15) is 0 Å². The van der Waals surface area contributed by atoms with Gasteiger partial charge in [0.15, 0.2) is 0 Å². The first-order valence-electron chi connectivity index (χ1n) is 8.87. The number of nitrogens with one attached hydrogen (secondary N) is 1. The summed E-state index contributed by atoms with van der Waals surface area (Å²) in [5, 5.41) is 3.28. The Morgan fingerprint density at radius 2 is 1.87 bits per heavy atom. The molecule has 1 aliphatic heterocycles. The van der Waals surface area contributed by atoms with E-state index in [1.54, 1.807) is 0 Å². The number of benzene rings is 1. The summed E-state index contributed by atoms with van der Waals surface area (Å²) < 4.78 is 0. The quantitative estimate of drug-likeness (QED) is 0.875. The van der Waals surface area contributed by atoms with Gasteiger partial charge in [-0.05, 0) is 58.4 Å². The average molecular weight is 315 g/mol. The molecular weight excluding hydrogens is 286 g/mol. The van der Waals surface area contributed by atoms with Crippen molar-refractivity contribution in [1.29, 1.82) is 0 Å². The normalized spacial score (nSPS) is 21.3. The molecule has 1 heterocycles. The molecule has 2 aliphatic rings. The maximum atomic E-state index is 12.3. The van der Waals surface area contributed by atoms with Crippen molar-refractivity contribution >= 4 is 5.91 Å². The molecule has 1 amide bonds. The van der Waals surface area contributed by atoms with E-state index in [4.69, 9.17) is 0 Å². The maximum absolute atomic E-state index is 12.3. The van der Waals surface area contributed by atoms with Crippen molar-refractivity contribution in [1.82, 2.24) is 15.1 Å². The molecule has 1 saturated heterocycles. The number of piperidine rings is 1. The van der Waals surface area contributed by atoms with Crippen LogP contribution in [0.15, 0.2) is 30.3 Å². The van der Waals surface area contributed by atoms with Crippen LogP contribution in [0.2, 0.25) is 0 Å². The molecule has 2 fully saturated rings. The van der Waals surface area contributed by atoms with Crippen molar-refractivity contribution in [2.75, 3.05) is 33.7 Å². The first-order chi connectivity index (χ1) is 11.1. The third-order valence-electron chi connectivity index (χ3n) is 5.25. The number of likely N-dealkylation sites (tertiary alicyclic amines) is 1. The molecule has 4 nitrogen and oxygen atoms in total. The van der Waals surface area contributed by atoms with Gasteiger partial charge >= 0.3 is 0 Å². The predicted molar refractivity (Wildman–Crippen MR) is 93.2 cm³/mol. The Bertz CT molecular complexity index is 507. The highest BCUT2D eigenvalue weighted by molar-refractivity contribution is 5.81. The first-order valence-corrected chi connectivity index (χ1v) is 8.87. The lowest BCUT2D eigenvalue weighted by Crippen LogP contribution is -2.45. The molecule has 0 spiro atoms. The van der Waals surface area contributed by atoms with Crippen LogP contribution in [0, 0.1) is 5.92 Å². The lowest BCUT2D eigenvalue weighted by Gasteiger charge is -2.37. The molecular formula is C19H29N3O. The monoisotopic (exact) mass is 315 g/mol. The third kappa shape index (κ3) is 4.55. The summed E-state index contributed by atoms with van der Waals surface area (Å²) >= 11 is 0. The van der Waals surface area contributed by atoms with Crippen LogP contribution in [0.3, 0.4) is 0 Å². The van der Waals surface area contributed by atoms with E-state index in [1.165, 1.54) is 31.5 Å². The Morgan fingerprint density at radius 1 is 1.22 bits per heavy atom. The Kier molecular flexibility index (Phi) is 5.34. The largest absolute Gasteiger partial charge is 0.348 e. The van der Waals surface area contributed by atoms with Crippen LogP contribution in [0.5, 0.6) is 0 Å². The summed E-state index contributed by atoms with van der Waals surface area (Å²) in [4.78, 5) is 17.1. The van der Waals surface area contributed by atoms with E-state index in [1.807, 2.05) is 6.07 Å². The minimum atomic E-state index is 0.0916. The zero-order valence-corrected chi connectivity index (χ0v) is 14.4. The fourth-order valence-electron chi connectivity index (χ4n) is 3.43. The van der Waals surface area contributed by atoms with Gasteiger partial charge in [-0.1, -0.05) is 30.3 Å². The number of nitrogens with zero attached hydrogens (tertiary/aromatic N) is 2. The van der Waals surface area contributed by atoms with Gasteiger partial charge in [-0.3, -0.25) is 4.79 Å². The summed E-state index contributed by atoms with van der Waals surface area (Å²) in [6, 6.07) is 11.1. The van der Waals surface area contributed by atoms with E-state index in [9.17, 15) is 4.79 Å².